The van der Waals surface area contributed by atoms with Crippen molar-refractivity contribution in [1.82, 2.24) is 4.98 Å². The van der Waals surface area contributed by atoms with Crippen molar-refractivity contribution in [3.05, 3.63) is 57.9 Å². The summed E-state index contributed by atoms with van der Waals surface area (Å²) in [5.41, 5.74) is 2.43. The number of fused-ring (bicyclic) bond motifs is 2. The van der Waals surface area contributed by atoms with Crippen LogP contribution < -0.4 is 0 Å². The van der Waals surface area contributed by atoms with Crippen molar-refractivity contribution in [3.63, 3.8) is 0 Å². The van der Waals surface area contributed by atoms with Crippen molar-refractivity contribution < 1.29 is 4.74 Å². The lowest BCUT2D eigenvalue weighted by atomic mass is 10.1. The first kappa shape index (κ1) is 16.8. The minimum absolute atomic E-state index is 0.0366. The molecule has 0 amide bonds. The van der Waals surface area contributed by atoms with Crippen molar-refractivity contribution in [3.8, 4) is 6.07 Å². The van der Waals surface area contributed by atoms with E-state index in [0.717, 1.165) is 21.3 Å². The summed E-state index contributed by atoms with van der Waals surface area (Å²) in [4.78, 5) is 8.86. The van der Waals surface area contributed by atoms with E-state index >= 15 is 0 Å². The van der Waals surface area contributed by atoms with E-state index in [1.165, 1.54) is 0 Å². The lowest BCUT2D eigenvalue weighted by Crippen LogP contribution is -2.19. The van der Waals surface area contributed by atoms with Crippen LogP contribution in [0.5, 0.6) is 0 Å². The average molecular weight is 386 g/mol. The lowest BCUT2D eigenvalue weighted by molar-refractivity contribution is 0.232. The molecule has 4 rings (SSSR count). The Morgan fingerprint density at radius 2 is 2.32 bits per heavy atom. The summed E-state index contributed by atoms with van der Waals surface area (Å²) in [7, 11) is 0. The molecule has 1 aromatic heterocycles. The molecule has 4 nitrogen and oxygen atoms in total. The highest BCUT2D eigenvalue weighted by atomic mass is 32.2. The van der Waals surface area contributed by atoms with E-state index in [1.54, 1.807) is 47.7 Å². The van der Waals surface area contributed by atoms with Crippen LogP contribution in [0.2, 0.25) is 0 Å². The fraction of sp³-hybridized carbons (Fsp3) is 0.278. The maximum atomic E-state index is 9.62. The summed E-state index contributed by atoms with van der Waals surface area (Å²) < 4.78 is 6.98. The second-order valence-corrected chi connectivity index (χ2v) is 9.69. The largest absolute Gasteiger partial charge is 0.476 e. The third kappa shape index (κ3) is 3.03. The Bertz CT molecular complexity index is 869. The van der Waals surface area contributed by atoms with Gasteiger partial charge in [-0.2, -0.15) is 5.26 Å². The highest BCUT2D eigenvalue weighted by molar-refractivity contribution is 8.26. The van der Waals surface area contributed by atoms with Gasteiger partial charge < -0.3 is 4.74 Å². The lowest BCUT2D eigenvalue weighted by Gasteiger charge is -2.17. The summed E-state index contributed by atoms with van der Waals surface area (Å²) in [6.07, 6.45) is 11.7. The fourth-order valence-corrected chi connectivity index (χ4v) is 6.06. The number of hydrogen-bond acceptors (Lipinski definition) is 7. The number of nitriles is 1. The quantitative estimate of drug-likeness (QED) is 0.701. The maximum absolute atomic E-state index is 9.62. The topological polar surface area (TPSA) is 58.3 Å². The molecule has 0 aliphatic carbocycles. The fourth-order valence-electron chi connectivity index (χ4n) is 2.68. The van der Waals surface area contributed by atoms with Crippen LogP contribution in [-0.2, 0) is 4.74 Å². The van der Waals surface area contributed by atoms with Crippen molar-refractivity contribution in [2.45, 2.75) is 22.4 Å². The summed E-state index contributed by atoms with van der Waals surface area (Å²) in [5.74, 6) is 0.850. The van der Waals surface area contributed by atoms with E-state index < -0.39 is 0 Å². The number of hydrogen-bond donors (Lipinski definition) is 0. The van der Waals surface area contributed by atoms with Gasteiger partial charge in [0.25, 0.3) is 0 Å². The van der Waals surface area contributed by atoms with Gasteiger partial charge in [-0.25, -0.2) is 0 Å². The molecule has 1 aromatic rings. The van der Waals surface area contributed by atoms with Crippen molar-refractivity contribution in [2.75, 3.05) is 6.26 Å². The molecule has 7 heteroatoms. The smallest absolute Gasteiger partial charge is 0.167 e. The highest BCUT2D eigenvalue weighted by Crippen LogP contribution is 2.57. The second kappa shape index (κ2) is 6.60. The third-order valence-electron chi connectivity index (χ3n) is 4.20. The van der Waals surface area contributed by atoms with Gasteiger partial charge in [0.1, 0.15) is 22.8 Å². The summed E-state index contributed by atoms with van der Waals surface area (Å²) in [5, 5.41) is 9.73. The number of nitrogens with zero attached hydrogens (tertiary/aromatic N) is 3. The molecule has 0 bridgehead atoms. The molecule has 4 heterocycles. The van der Waals surface area contributed by atoms with E-state index in [4.69, 9.17) is 9.73 Å². The summed E-state index contributed by atoms with van der Waals surface area (Å²) in [6.45, 7) is 2.13. The molecule has 126 valence electrons. The summed E-state index contributed by atoms with van der Waals surface area (Å²) >= 11 is 5.01. The van der Waals surface area contributed by atoms with Gasteiger partial charge in [0.15, 0.2) is 5.44 Å². The van der Waals surface area contributed by atoms with Gasteiger partial charge >= 0.3 is 0 Å². The maximum Gasteiger partial charge on any atom is 0.167 e. The number of aliphatic imine (C=N–C) groups is 1. The molecule has 3 unspecified atom stereocenters. The second-order valence-electron chi connectivity index (χ2n) is 5.89. The van der Waals surface area contributed by atoms with E-state index in [2.05, 4.69) is 30.3 Å². The molecule has 25 heavy (non-hydrogen) atoms. The molecule has 3 atom stereocenters. The monoisotopic (exact) mass is 385 g/mol. The summed E-state index contributed by atoms with van der Waals surface area (Å²) in [6, 6.07) is 6.09. The molecular weight excluding hydrogens is 370 g/mol. The minimum atomic E-state index is -0.119. The molecule has 0 spiro atoms. The molecule has 0 saturated carbocycles. The van der Waals surface area contributed by atoms with Gasteiger partial charge in [0, 0.05) is 24.2 Å². The first-order chi connectivity index (χ1) is 12.1. The Labute approximate surface area is 159 Å². The van der Waals surface area contributed by atoms with Crippen molar-refractivity contribution in [1.29, 1.82) is 5.26 Å². The Kier molecular flexibility index (Phi) is 4.44. The molecule has 0 N–H and O–H groups in total. The Morgan fingerprint density at radius 3 is 3.04 bits per heavy atom. The van der Waals surface area contributed by atoms with Crippen molar-refractivity contribution >= 4 is 47.1 Å². The standard InChI is InChI=1S/C18H15N3OS3/c1-18(23-2)6-5-13-14(21-10-18)15-16(22-13)25-17(24-15)12(8-19)11-4-3-7-20-9-11/h3-7,9-10,15-16H,1-2H3/b17-12-. The van der Waals surface area contributed by atoms with Crippen molar-refractivity contribution in [2.24, 2.45) is 4.99 Å². The number of thioether (sulfide) groups is 3. The molecular formula is C18H15N3OS3. The number of ether oxygens (including phenoxy) is 1. The van der Waals surface area contributed by atoms with Gasteiger partial charge in [-0.3, -0.25) is 9.98 Å². The zero-order valence-corrected chi connectivity index (χ0v) is 16.1. The molecule has 3 aliphatic heterocycles. The van der Waals surface area contributed by atoms with Crippen LogP contribution >= 0.6 is 35.3 Å². The normalized spacial score (nSPS) is 31.9. The minimum Gasteiger partial charge on any atom is -0.476 e. The Morgan fingerprint density at radius 1 is 1.44 bits per heavy atom. The SMILES string of the molecule is CSC1(C)C=CC2=C(N=C1)C1S/C(=C(\C#N)c3cccnc3)SC1O2. The number of allylic oxidation sites excluding steroid dienone is 2. The third-order valence-corrected chi connectivity index (χ3v) is 8.23. The Hall–Kier alpha value is -1.62. The predicted octanol–water partition coefficient (Wildman–Crippen LogP) is 4.45. The average Bonchev–Trinajstić information content (AvgIpc) is 3.12. The highest BCUT2D eigenvalue weighted by Gasteiger charge is 2.45. The number of aromatic nitrogens is 1. The van der Waals surface area contributed by atoms with Crippen LogP contribution in [-0.4, -0.2) is 32.9 Å². The van der Waals surface area contributed by atoms with Gasteiger partial charge in [-0.05, 0) is 25.3 Å². The van der Waals surface area contributed by atoms with Crippen LogP contribution in [0, 0.1) is 11.3 Å². The van der Waals surface area contributed by atoms with Crippen LogP contribution in [0.1, 0.15) is 12.5 Å². The van der Waals surface area contributed by atoms with Crippen LogP contribution in [0.15, 0.2) is 57.4 Å². The van der Waals surface area contributed by atoms with Crippen LogP contribution in [0.25, 0.3) is 5.57 Å². The van der Waals surface area contributed by atoms with Crippen LogP contribution in [0.4, 0.5) is 0 Å². The molecule has 1 fully saturated rings. The zero-order chi connectivity index (χ0) is 17.4. The van der Waals surface area contributed by atoms with E-state index in [1.807, 2.05) is 24.4 Å². The van der Waals surface area contributed by atoms with Gasteiger partial charge in [0.2, 0.25) is 0 Å². The molecule has 0 radical (unpaired) electrons. The van der Waals surface area contributed by atoms with Gasteiger partial charge in [0.05, 0.1) is 14.6 Å². The van der Waals surface area contributed by atoms with Crippen LogP contribution in [0.3, 0.4) is 0 Å². The Balaban J connectivity index is 1.65. The molecule has 3 aliphatic rings. The predicted molar refractivity (Wildman–Crippen MR) is 107 cm³/mol. The first-order valence-corrected chi connectivity index (χ1v) is 10.7. The van der Waals surface area contributed by atoms with E-state index in [0.29, 0.717) is 5.57 Å². The van der Waals surface area contributed by atoms with E-state index in [-0.39, 0.29) is 15.4 Å². The van der Waals surface area contributed by atoms with E-state index in [9.17, 15) is 5.26 Å². The number of pyridine rings is 1. The number of rotatable bonds is 2. The van der Waals surface area contributed by atoms with Gasteiger partial charge in [-0.15, -0.1) is 23.5 Å². The first-order valence-electron chi connectivity index (χ1n) is 7.72. The molecule has 1 saturated heterocycles. The molecule has 0 aromatic carbocycles. The van der Waals surface area contributed by atoms with Gasteiger partial charge in [-0.1, -0.05) is 23.9 Å². The zero-order valence-electron chi connectivity index (χ0n) is 13.7.